The molecule has 2 heterocycles. The standard InChI is InChI=1S/C19H17Cl2F2N5O/c20-13-5-1-11(2-6-13)8-27-9-14(7-24-27)25-15(29)10-28-18(12-3-4-12)16(21)17(26-28)19(22)23/h1-2,5-7,9,12,19H,3-4,8,10H2,(H,25,29). The Balaban J connectivity index is 1.42. The molecule has 0 unspecified atom stereocenters. The summed E-state index contributed by atoms with van der Waals surface area (Å²) in [5.74, 6) is -0.310. The molecule has 0 aliphatic heterocycles. The van der Waals surface area contributed by atoms with Gasteiger partial charge in [0.2, 0.25) is 5.91 Å². The van der Waals surface area contributed by atoms with Crippen molar-refractivity contribution < 1.29 is 13.6 Å². The minimum atomic E-state index is -2.78. The maximum Gasteiger partial charge on any atom is 0.283 e. The molecule has 29 heavy (non-hydrogen) atoms. The van der Waals surface area contributed by atoms with Crippen molar-refractivity contribution in [2.75, 3.05) is 5.32 Å². The van der Waals surface area contributed by atoms with E-state index in [-0.39, 0.29) is 17.5 Å². The Morgan fingerprint density at radius 3 is 2.62 bits per heavy atom. The molecule has 1 aliphatic carbocycles. The highest BCUT2D eigenvalue weighted by Gasteiger charge is 2.34. The fourth-order valence-electron chi connectivity index (χ4n) is 3.11. The van der Waals surface area contributed by atoms with Crippen LogP contribution in [-0.4, -0.2) is 25.5 Å². The Morgan fingerprint density at radius 2 is 1.97 bits per heavy atom. The van der Waals surface area contributed by atoms with Crippen LogP contribution >= 0.6 is 23.2 Å². The molecule has 1 saturated carbocycles. The Labute approximate surface area is 175 Å². The summed E-state index contributed by atoms with van der Waals surface area (Å²) in [5.41, 5.74) is 1.55. The molecule has 3 aromatic rings. The fraction of sp³-hybridized carbons (Fsp3) is 0.316. The van der Waals surface area contributed by atoms with Crippen LogP contribution in [0.4, 0.5) is 14.5 Å². The molecule has 10 heteroatoms. The predicted molar refractivity (Wildman–Crippen MR) is 106 cm³/mol. The van der Waals surface area contributed by atoms with Crippen LogP contribution in [-0.2, 0) is 17.9 Å². The van der Waals surface area contributed by atoms with Crippen LogP contribution in [0.5, 0.6) is 0 Å². The van der Waals surface area contributed by atoms with Gasteiger partial charge in [0.1, 0.15) is 12.2 Å². The van der Waals surface area contributed by atoms with Crippen molar-refractivity contribution >= 4 is 34.8 Å². The minimum absolute atomic E-state index is 0.0360. The van der Waals surface area contributed by atoms with Gasteiger partial charge in [-0.2, -0.15) is 10.2 Å². The number of anilines is 1. The monoisotopic (exact) mass is 439 g/mol. The Hall–Kier alpha value is -2.45. The summed E-state index contributed by atoms with van der Waals surface area (Å²) in [6.07, 6.45) is 2.14. The van der Waals surface area contributed by atoms with Crippen molar-refractivity contribution in [2.24, 2.45) is 0 Å². The number of alkyl halides is 2. The lowest BCUT2D eigenvalue weighted by Gasteiger charge is -2.07. The lowest BCUT2D eigenvalue weighted by atomic mass is 10.2. The van der Waals surface area contributed by atoms with Gasteiger partial charge < -0.3 is 5.32 Å². The van der Waals surface area contributed by atoms with E-state index < -0.39 is 18.0 Å². The molecule has 0 bridgehead atoms. The highest BCUT2D eigenvalue weighted by Crippen LogP contribution is 2.45. The van der Waals surface area contributed by atoms with E-state index in [1.807, 2.05) is 12.1 Å². The number of halogens is 4. The first-order valence-electron chi connectivity index (χ1n) is 9.01. The van der Waals surface area contributed by atoms with Crippen molar-refractivity contribution in [1.82, 2.24) is 19.6 Å². The average molecular weight is 440 g/mol. The molecule has 4 rings (SSSR count). The van der Waals surface area contributed by atoms with Crippen molar-refractivity contribution in [3.8, 4) is 0 Å². The summed E-state index contributed by atoms with van der Waals surface area (Å²) in [7, 11) is 0. The maximum atomic E-state index is 13.1. The highest BCUT2D eigenvalue weighted by molar-refractivity contribution is 6.32. The van der Waals surface area contributed by atoms with E-state index in [1.165, 1.54) is 10.9 Å². The fourth-order valence-corrected chi connectivity index (χ4v) is 3.61. The number of carbonyl (C=O) groups is 1. The van der Waals surface area contributed by atoms with Crippen LogP contribution in [0.3, 0.4) is 0 Å². The van der Waals surface area contributed by atoms with Crippen LogP contribution < -0.4 is 5.32 Å². The van der Waals surface area contributed by atoms with Crippen molar-refractivity contribution in [1.29, 1.82) is 0 Å². The molecule has 2 aromatic heterocycles. The number of hydrogen-bond donors (Lipinski definition) is 1. The second-order valence-electron chi connectivity index (χ2n) is 6.92. The summed E-state index contributed by atoms with van der Waals surface area (Å²) >= 11 is 12.0. The van der Waals surface area contributed by atoms with E-state index in [1.54, 1.807) is 23.0 Å². The quantitative estimate of drug-likeness (QED) is 0.569. The first-order chi connectivity index (χ1) is 13.9. The first-order valence-corrected chi connectivity index (χ1v) is 9.77. The highest BCUT2D eigenvalue weighted by atomic mass is 35.5. The Bertz CT molecular complexity index is 1030. The smallest absolute Gasteiger partial charge is 0.283 e. The summed E-state index contributed by atoms with van der Waals surface area (Å²) < 4.78 is 29.2. The molecule has 152 valence electrons. The SMILES string of the molecule is O=C(Cn1nc(C(F)F)c(Cl)c1C1CC1)Nc1cnn(Cc2ccc(Cl)cc2)c1. The van der Waals surface area contributed by atoms with Gasteiger partial charge in [0.05, 0.1) is 29.1 Å². The van der Waals surface area contributed by atoms with Crippen LogP contribution in [0, 0.1) is 0 Å². The zero-order chi connectivity index (χ0) is 20.5. The number of carbonyl (C=O) groups excluding carboxylic acids is 1. The van der Waals surface area contributed by atoms with E-state index in [2.05, 4.69) is 15.5 Å². The molecule has 1 fully saturated rings. The van der Waals surface area contributed by atoms with Gasteiger partial charge in [0, 0.05) is 17.1 Å². The van der Waals surface area contributed by atoms with Crippen molar-refractivity contribution in [2.45, 2.75) is 38.3 Å². The van der Waals surface area contributed by atoms with Crippen LogP contribution in [0.25, 0.3) is 0 Å². The number of amides is 1. The Kier molecular flexibility index (Phi) is 5.56. The molecular formula is C19H17Cl2F2N5O. The molecule has 1 aliphatic rings. The van der Waals surface area contributed by atoms with Crippen molar-refractivity contribution in [3.63, 3.8) is 0 Å². The lowest BCUT2D eigenvalue weighted by molar-refractivity contribution is -0.117. The second kappa shape index (κ2) is 8.12. The molecule has 1 amide bonds. The molecule has 6 nitrogen and oxygen atoms in total. The third kappa shape index (κ3) is 4.59. The predicted octanol–water partition coefficient (Wildman–Crippen LogP) is 4.89. The topological polar surface area (TPSA) is 64.7 Å². The maximum absolute atomic E-state index is 13.1. The summed E-state index contributed by atoms with van der Waals surface area (Å²) in [6.45, 7) is 0.325. The molecule has 0 atom stereocenters. The molecule has 0 radical (unpaired) electrons. The van der Waals surface area contributed by atoms with Crippen LogP contribution in [0.1, 0.15) is 42.1 Å². The van der Waals surface area contributed by atoms with Crippen LogP contribution in [0.2, 0.25) is 10.0 Å². The molecule has 0 saturated heterocycles. The third-order valence-corrected chi connectivity index (χ3v) is 5.23. The largest absolute Gasteiger partial charge is 0.322 e. The van der Waals surface area contributed by atoms with Gasteiger partial charge >= 0.3 is 0 Å². The van der Waals surface area contributed by atoms with Gasteiger partial charge in [-0.1, -0.05) is 35.3 Å². The number of aromatic nitrogens is 4. The van der Waals surface area contributed by atoms with Crippen LogP contribution in [0.15, 0.2) is 36.7 Å². The van der Waals surface area contributed by atoms with E-state index in [9.17, 15) is 13.6 Å². The van der Waals surface area contributed by atoms with E-state index in [4.69, 9.17) is 23.2 Å². The Morgan fingerprint density at radius 1 is 1.24 bits per heavy atom. The number of hydrogen-bond acceptors (Lipinski definition) is 3. The number of rotatable bonds is 7. The molecular weight excluding hydrogens is 423 g/mol. The molecule has 1 N–H and O–H groups in total. The first kappa shape index (κ1) is 19.8. The summed E-state index contributed by atoms with van der Waals surface area (Å²) in [5, 5.41) is 11.4. The van der Waals surface area contributed by atoms with E-state index in [0.717, 1.165) is 18.4 Å². The van der Waals surface area contributed by atoms with Gasteiger partial charge in [-0.3, -0.25) is 14.2 Å². The second-order valence-corrected chi connectivity index (χ2v) is 7.73. The average Bonchev–Trinajstić information content (AvgIpc) is 3.32. The lowest BCUT2D eigenvalue weighted by Crippen LogP contribution is -2.20. The summed E-state index contributed by atoms with van der Waals surface area (Å²) in [4.78, 5) is 12.4. The summed E-state index contributed by atoms with van der Waals surface area (Å²) in [6, 6.07) is 7.38. The zero-order valence-electron chi connectivity index (χ0n) is 15.2. The number of benzene rings is 1. The van der Waals surface area contributed by atoms with Gasteiger partial charge in [-0.25, -0.2) is 8.78 Å². The third-order valence-electron chi connectivity index (χ3n) is 4.60. The van der Waals surface area contributed by atoms with Gasteiger partial charge in [-0.15, -0.1) is 0 Å². The number of nitrogens with zero attached hydrogens (tertiary/aromatic N) is 4. The zero-order valence-corrected chi connectivity index (χ0v) is 16.7. The van der Waals surface area contributed by atoms with Gasteiger partial charge in [0.25, 0.3) is 6.43 Å². The normalized spacial score (nSPS) is 13.8. The number of nitrogens with one attached hydrogen (secondary N) is 1. The van der Waals surface area contributed by atoms with E-state index in [0.29, 0.717) is 22.9 Å². The van der Waals surface area contributed by atoms with E-state index >= 15 is 0 Å². The minimum Gasteiger partial charge on any atom is -0.322 e. The molecule has 0 spiro atoms. The molecule has 1 aromatic carbocycles. The van der Waals surface area contributed by atoms with Gasteiger partial charge in [0.15, 0.2) is 0 Å². The van der Waals surface area contributed by atoms with Crippen molar-refractivity contribution in [3.05, 3.63) is 63.7 Å². The van der Waals surface area contributed by atoms with Gasteiger partial charge in [-0.05, 0) is 30.5 Å².